The Hall–Kier alpha value is -0.780. The van der Waals surface area contributed by atoms with Crippen LogP contribution in [-0.4, -0.2) is 0 Å². The summed E-state index contributed by atoms with van der Waals surface area (Å²) in [5, 5.41) is 0. The first-order chi connectivity index (χ1) is 7.20. The Kier molecular flexibility index (Phi) is 4.38. The molecule has 0 amide bonds. The highest BCUT2D eigenvalue weighted by atomic mass is 14.3. The van der Waals surface area contributed by atoms with E-state index in [9.17, 15) is 0 Å². The van der Waals surface area contributed by atoms with E-state index >= 15 is 0 Å². The average molecular weight is 203 g/mol. The molecule has 0 bridgehead atoms. The van der Waals surface area contributed by atoms with Crippen molar-refractivity contribution < 1.29 is 0 Å². The molecule has 0 heterocycles. The van der Waals surface area contributed by atoms with Gasteiger partial charge in [0, 0.05) is 0 Å². The molecule has 0 fully saturated rings. The van der Waals surface area contributed by atoms with Crippen LogP contribution in [0.1, 0.15) is 57.6 Å². The van der Waals surface area contributed by atoms with Gasteiger partial charge in [0.15, 0.2) is 0 Å². The molecule has 0 heteroatoms. The third-order valence-corrected chi connectivity index (χ3v) is 3.67. The van der Waals surface area contributed by atoms with Crippen LogP contribution >= 0.6 is 0 Å². The SMILES string of the molecule is [CH2]c1ccccc1C(CC)(CC)CCC. The normalized spacial score (nSPS) is 11.7. The van der Waals surface area contributed by atoms with Gasteiger partial charge in [-0.1, -0.05) is 51.5 Å². The van der Waals surface area contributed by atoms with Crippen molar-refractivity contribution in [1.82, 2.24) is 0 Å². The van der Waals surface area contributed by atoms with Crippen LogP contribution < -0.4 is 0 Å². The molecule has 1 aromatic carbocycles. The fourth-order valence-electron chi connectivity index (χ4n) is 2.64. The maximum atomic E-state index is 4.16. The van der Waals surface area contributed by atoms with E-state index in [1.165, 1.54) is 36.8 Å². The lowest BCUT2D eigenvalue weighted by molar-refractivity contribution is 0.360. The molecule has 83 valence electrons. The highest BCUT2D eigenvalue weighted by molar-refractivity contribution is 5.36. The Morgan fingerprint density at radius 2 is 1.67 bits per heavy atom. The van der Waals surface area contributed by atoms with Crippen LogP contribution in [0, 0.1) is 6.92 Å². The van der Waals surface area contributed by atoms with Crippen molar-refractivity contribution in [2.45, 2.75) is 51.9 Å². The molecule has 0 unspecified atom stereocenters. The first kappa shape index (κ1) is 12.3. The summed E-state index contributed by atoms with van der Waals surface area (Å²) < 4.78 is 0. The van der Waals surface area contributed by atoms with E-state index in [-0.39, 0.29) is 0 Å². The quantitative estimate of drug-likeness (QED) is 0.649. The van der Waals surface area contributed by atoms with Crippen molar-refractivity contribution in [3.63, 3.8) is 0 Å². The van der Waals surface area contributed by atoms with Gasteiger partial charge < -0.3 is 0 Å². The molecule has 0 nitrogen and oxygen atoms in total. The van der Waals surface area contributed by atoms with Crippen molar-refractivity contribution in [3.8, 4) is 0 Å². The standard InChI is InChI=1S/C15H23/c1-5-12-15(6-2,7-3)14-11-9-8-10-13(14)4/h8-11H,4-7,12H2,1-3H3. The van der Waals surface area contributed by atoms with E-state index in [2.05, 4.69) is 52.0 Å². The minimum atomic E-state index is 0.354. The molecule has 0 aromatic heterocycles. The molecule has 0 N–H and O–H groups in total. The van der Waals surface area contributed by atoms with Crippen LogP contribution in [0.25, 0.3) is 0 Å². The highest BCUT2D eigenvalue weighted by Gasteiger charge is 2.28. The fourth-order valence-corrected chi connectivity index (χ4v) is 2.64. The van der Waals surface area contributed by atoms with Gasteiger partial charge in [0.05, 0.1) is 0 Å². The van der Waals surface area contributed by atoms with Crippen LogP contribution in [0.5, 0.6) is 0 Å². The van der Waals surface area contributed by atoms with Crippen molar-refractivity contribution in [2.75, 3.05) is 0 Å². The smallest absolute Gasteiger partial charge is 0.00496 e. The summed E-state index contributed by atoms with van der Waals surface area (Å²) in [6.07, 6.45) is 4.94. The summed E-state index contributed by atoms with van der Waals surface area (Å²) in [4.78, 5) is 0. The van der Waals surface area contributed by atoms with Gasteiger partial charge in [0.1, 0.15) is 0 Å². The molecule has 0 saturated heterocycles. The molecule has 1 aromatic rings. The number of hydrogen-bond acceptors (Lipinski definition) is 0. The molecular weight excluding hydrogens is 180 g/mol. The van der Waals surface area contributed by atoms with Crippen LogP contribution in [0.3, 0.4) is 0 Å². The summed E-state index contributed by atoms with van der Waals surface area (Å²) in [5.74, 6) is 0. The molecule has 0 aliphatic rings. The maximum absolute atomic E-state index is 4.16. The van der Waals surface area contributed by atoms with Crippen LogP contribution in [-0.2, 0) is 5.41 Å². The van der Waals surface area contributed by atoms with Gasteiger partial charge in [0.25, 0.3) is 0 Å². The molecular formula is C15H23. The number of hydrogen-bond donors (Lipinski definition) is 0. The zero-order valence-electron chi connectivity index (χ0n) is 10.3. The van der Waals surface area contributed by atoms with Gasteiger partial charge in [-0.3, -0.25) is 0 Å². The lowest BCUT2D eigenvalue weighted by Crippen LogP contribution is -2.25. The first-order valence-electron chi connectivity index (χ1n) is 6.11. The van der Waals surface area contributed by atoms with E-state index in [4.69, 9.17) is 0 Å². The highest BCUT2D eigenvalue weighted by Crippen LogP contribution is 2.37. The summed E-state index contributed by atoms with van der Waals surface area (Å²) in [7, 11) is 0. The lowest BCUT2D eigenvalue weighted by atomic mass is 9.71. The van der Waals surface area contributed by atoms with Crippen molar-refractivity contribution in [2.24, 2.45) is 0 Å². The van der Waals surface area contributed by atoms with Gasteiger partial charge >= 0.3 is 0 Å². The molecule has 1 rings (SSSR count). The van der Waals surface area contributed by atoms with Crippen molar-refractivity contribution in [1.29, 1.82) is 0 Å². The molecule has 0 spiro atoms. The van der Waals surface area contributed by atoms with E-state index < -0.39 is 0 Å². The predicted molar refractivity (Wildman–Crippen MR) is 68.1 cm³/mol. The minimum Gasteiger partial charge on any atom is -0.0654 e. The van der Waals surface area contributed by atoms with E-state index in [1.807, 2.05) is 0 Å². The minimum absolute atomic E-state index is 0.354. The Labute approximate surface area is 94.7 Å². The third-order valence-electron chi connectivity index (χ3n) is 3.67. The molecule has 0 aliphatic carbocycles. The van der Waals surface area contributed by atoms with Gasteiger partial charge in [-0.15, -0.1) is 0 Å². The second kappa shape index (κ2) is 5.34. The Balaban J connectivity index is 3.13. The van der Waals surface area contributed by atoms with Gasteiger partial charge in [-0.2, -0.15) is 0 Å². The topological polar surface area (TPSA) is 0 Å². The van der Waals surface area contributed by atoms with Crippen LogP contribution in [0.2, 0.25) is 0 Å². The number of rotatable bonds is 5. The Bertz CT molecular complexity index is 295. The largest absolute Gasteiger partial charge is 0.0654 e. The molecule has 0 saturated carbocycles. The van der Waals surface area contributed by atoms with Gasteiger partial charge in [0.2, 0.25) is 0 Å². The second-order valence-corrected chi connectivity index (χ2v) is 4.39. The third kappa shape index (κ3) is 2.42. The second-order valence-electron chi connectivity index (χ2n) is 4.39. The molecule has 0 atom stereocenters. The van der Waals surface area contributed by atoms with Crippen molar-refractivity contribution >= 4 is 0 Å². The van der Waals surface area contributed by atoms with Gasteiger partial charge in [-0.05, 0) is 42.7 Å². The Morgan fingerprint density at radius 1 is 1.07 bits per heavy atom. The summed E-state index contributed by atoms with van der Waals surface area (Å²) in [5.41, 5.74) is 3.01. The lowest BCUT2D eigenvalue weighted by Gasteiger charge is -2.33. The monoisotopic (exact) mass is 203 g/mol. The molecule has 0 aliphatic heterocycles. The van der Waals surface area contributed by atoms with Crippen LogP contribution in [0.15, 0.2) is 24.3 Å². The number of benzene rings is 1. The average Bonchev–Trinajstić information content (AvgIpc) is 2.27. The summed E-state index contributed by atoms with van der Waals surface area (Å²) in [6, 6.07) is 8.60. The maximum Gasteiger partial charge on any atom is -0.00496 e. The van der Waals surface area contributed by atoms with E-state index in [0.717, 1.165) is 0 Å². The first-order valence-corrected chi connectivity index (χ1v) is 6.11. The van der Waals surface area contributed by atoms with E-state index in [1.54, 1.807) is 0 Å². The molecule has 1 radical (unpaired) electrons. The predicted octanol–water partition coefficient (Wildman–Crippen LogP) is 4.73. The van der Waals surface area contributed by atoms with Crippen molar-refractivity contribution in [3.05, 3.63) is 42.3 Å². The molecule has 15 heavy (non-hydrogen) atoms. The van der Waals surface area contributed by atoms with Crippen LogP contribution in [0.4, 0.5) is 0 Å². The Morgan fingerprint density at radius 3 is 2.13 bits per heavy atom. The van der Waals surface area contributed by atoms with Gasteiger partial charge in [-0.25, -0.2) is 0 Å². The zero-order valence-corrected chi connectivity index (χ0v) is 10.3. The zero-order chi connectivity index (χ0) is 11.3. The summed E-state index contributed by atoms with van der Waals surface area (Å²) >= 11 is 0. The fraction of sp³-hybridized carbons (Fsp3) is 0.533. The summed E-state index contributed by atoms with van der Waals surface area (Å²) in [6.45, 7) is 11.0. The van der Waals surface area contributed by atoms with E-state index in [0.29, 0.717) is 5.41 Å².